The summed E-state index contributed by atoms with van der Waals surface area (Å²) >= 11 is 0. The highest BCUT2D eigenvalue weighted by Crippen LogP contribution is 2.24. The number of benzene rings is 1. The number of aliphatic hydroxyl groups is 1. The molecule has 3 N–H and O–H groups in total. The Balaban J connectivity index is 1.63. The van der Waals surface area contributed by atoms with Gasteiger partial charge in [-0.1, -0.05) is 12.1 Å². The van der Waals surface area contributed by atoms with Gasteiger partial charge in [-0.05, 0) is 49.4 Å². The Bertz CT molecular complexity index is 499. The fourth-order valence-corrected chi connectivity index (χ4v) is 2.62. The summed E-state index contributed by atoms with van der Waals surface area (Å²) in [4.78, 5) is 0. The molecule has 1 saturated carbocycles. The maximum Gasteiger partial charge on any atom is 0.0650 e. The molecule has 0 aliphatic heterocycles. The second-order valence-corrected chi connectivity index (χ2v) is 5.20. The maximum absolute atomic E-state index is 9.50. The van der Waals surface area contributed by atoms with E-state index in [9.17, 15) is 5.11 Å². The highest BCUT2D eigenvalue weighted by atomic mass is 16.3. The van der Waals surface area contributed by atoms with Gasteiger partial charge in [0, 0.05) is 17.9 Å². The molecule has 1 heterocycles. The van der Waals surface area contributed by atoms with Crippen molar-refractivity contribution in [2.24, 2.45) is 0 Å². The fourth-order valence-electron chi connectivity index (χ4n) is 2.62. The molecule has 1 aliphatic rings. The molecular formula is C15H19N3O. The molecule has 0 spiro atoms. The molecule has 0 bridgehead atoms. The van der Waals surface area contributed by atoms with Crippen molar-refractivity contribution >= 4 is 5.69 Å². The number of hydrogen-bond acceptors (Lipinski definition) is 3. The Labute approximate surface area is 112 Å². The molecule has 1 fully saturated rings. The highest BCUT2D eigenvalue weighted by molar-refractivity contribution is 5.62. The molecular weight excluding hydrogens is 238 g/mol. The van der Waals surface area contributed by atoms with Crippen molar-refractivity contribution in [1.82, 2.24) is 10.2 Å². The van der Waals surface area contributed by atoms with Crippen molar-refractivity contribution in [3.8, 4) is 11.3 Å². The van der Waals surface area contributed by atoms with Crippen LogP contribution in [0.1, 0.15) is 25.7 Å². The smallest absolute Gasteiger partial charge is 0.0650 e. The lowest BCUT2D eigenvalue weighted by atomic mass is 9.93. The number of nitrogens with one attached hydrogen (secondary N) is 2. The summed E-state index contributed by atoms with van der Waals surface area (Å²) in [6.07, 6.45) is 5.57. The zero-order valence-corrected chi connectivity index (χ0v) is 10.8. The van der Waals surface area contributed by atoms with Gasteiger partial charge in [-0.15, -0.1) is 0 Å². The predicted molar refractivity (Wildman–Crippen MR) is 75.9 cm³/mol. The number of hydrogen-bond donors (Lipinski definition) is 3. The lowest BCUT2D eigenvalue weighted by Crippen LogP contribution is -2.28. The van der Waals surface area contributed by atoms with Gasteiger partial charge in [-0.3, -0.25) is 5.10 Å². The zero-order valence-electron chi connectivity index (χ0n) is 10.8. The monoisotopic (exact) mass is 257 g/mol. The molecule has 4 heteroatoms. The fraction of sp³-hybridized carbons (Fsp3) is 0.400. The maximum atomic E-state index is 9.50. The standard InChI is InChI=1S/C15H19N3O/c19-14-7-5-13(6-8-14)17-12-3-1-11(2-4-12)15-9-10-16-18-15/h1-4,9-10,13-14,17,19H,5-8H2,(H,16,18). The van der Waals surface area contributed by atoms with Crippen LogP contribution in [0.3, 0.4) is 0 Å². The van der Waals surface area contributed by atoms with Gasteiger partial charge in [0.2, 0.25) is 0 Å². The van der Waals surface area contributed by atoms with Crippen molar-refractivity contribution in [2.75, 3.05) is 5.32 Å². The second kappa shape index (κ2) is 5.45. The van der Waals surface area contributed by atoms with Crippen LogP contribution < -0.4 is 5.32 Å². The van der Waals surface area contributed by atoms with E-state index in [1.165, 1.54) is 0 Å². The van der Waals surface area contributed by atoms with Crippen LogP contribution in [0.4, 0.5) is 5.69 Å². The minimum Gasteiger partial charge on any atom is -0.393 e. The molecule has 0 amide bonds. The van der Waals surface area contributed by atoms with E-state index in [1.54, 1.807) is 6.20 Å². The predicted octanol–water partition coefficient (Wildman–Crippen LogP) is 2.79. The Morgan fingerprint density at radius 3 is 2.42 bits per heavy atom. The Morgan fingerprint density at radius 2 is 1.79 bits per heavy atom. The molecule has 19 heavy (non-hydrogen) atoms. The van der Waals surface area contributed by atoms with Gasteiger partial charge in [0.15, 0.2) is 0 Å². The van der Waals surface area contributed by atoms with Crippen LogP contribution in [-0.2, 0) is 0 Å². The Kier molecular flexibility index (Phi) is 3.51. The van der Waals surface area contributed by atoms with Crippen LogP contribution in [0.2, 0.25) is 0 Å². The minimum absolute atomic E-state index is 0.0965. The van der Waals surface area contributed by atoms with E-state index in [1.807, 2.05) is 6.07 Å². The third-order valence-electron chi connectivity index (χ3n) is 3.76. The van der Waals surface area contributed by atoms with Crippen LogP contribution in [0.25, 0.3) is 11.3 Å². The highest BCUT2D eigenvalue weighted by Gasteiger charge is 2.18. The summed E-state index contributed by atoms with van der Waals surface area (Å²) < 4.78 is 0. The topological polar surface area (TPSA) is 60.9 Å². The Hall–Kier alpha value is -1.81. The van der Waals surface area contributed by atoms with E-state index in [0.717, 1.165) is 42.6 Å². The molecule has 0 saturated heterocycles. The van der Waals surface area contributed by atoms with E-state index < -0.39 is 0 Å². The summed E-state index contributed by atoms with van der Waals surface area (Å²) in [5.74, 6) is 0. The molecule has 3 rings (SSSR count). The molecule has 1 aromatic carbocycles. The average molecular weight is 257 g/mol. The van der Waals surface area contributed by atoms with Gasteiger partial charge in [0.05, 0.1) is 11.8 Å². The molecule has 0 radical (unpaired) electrons. The quantitative estimate of drug-likeness (QED) is 0.792. The molecule has 0 unspecified atom stereocenters. The lowest BCUT2D eigenvalue weighted by Gasteiger charge is -2.27. The van der Waals surface area contributed by atoms with Crippen LogP contribution in [0, 0.1) is 0 Å². The number of anilines is 1. The molecule has 2 aromatic rings. The van der Waals surface area contributed by atoms with Crippen molar-refractivity contribution in [1.29, 1.82) is 0 Å². The van der Waals surface area contributed by atoms with E-state index in [4.69, 9.17) is 0 Å². The zero-order chi connectivity index (χ0) is 13.1. The first-order valence-electron chi connectivity index (χ1n) is 6.86. The number of nitrogens with zero attached hydrogens (tertiary/aromatic N) is 1. The van der Waals surface area contributed by atoms with Crippen molar-refractivity contribution in [3.05, 3.63) is 36.5 Å². The normalized spacial score (nSPS) is 23.2. The first-order valence-corrected chi connectivity index (χ1v) is 6.86. The number of H-pyrrole nitrogens is 1. The molecule has 1 aromatic heterocycles. The van der Waals surface area contributed by atoms with Gasteiger partial charge in [0.1, 0.15) is 0 Å². The second-order valence-electron chi connectivity index (χ2n) is 5.20. The van der Waals surface area contributed by atoms with Crippen molar-refractivity contribution in [2.45, 2.75) is 37.8 Å². The Morgan fingerprint density at radius 1 is 1.05 bits per heavy atom. The van der Waals surface area contributed by atoms with E-state index in [0.29, 0.717) is 6.04 Å². The van der Waals surface area contributed by atoms with Crippen LogP contribution in [0.5, 0.6) is 0 Å². The summed E-state index contributed by atoms with van der Waals surface area (Å²) in [6.45, 7) is 0. The van der Waals surface area contributed by atoms with Crippen LogP contribution >= 0.6 is 0 Å². The average Bonchev–Trinajstić information content (AvgIpc) is 2.96. The van der Waals surface area contributed by atoms with Crippen molar-refractivity contribution < 1.29 is 5.11 Å². The van der Waals surface area contributed by atoms with Gasteiger partial charge >= 0.3 is 0 Å². The molecule has 0 atom stereocenters. The number of aromatic nitrogens is 2. The van der Waals surface area contributed by atoms with E-state index in [2.05, 4.69) is 39.8 Å². The molecule has 4 nitrogen and oxygen atoms in total. The first-order chi connectivity index (χ1) is 9.31. The summed E-state index contributed by atoms with van der Waals surface area (Å²) in [5, 5.41) is 20.0. The largest absolute Gasteiger partial charge is 0.393 e. The first kappa shape index (κ1) is 12.2. The van der Waals surface area contributed by atoms with E-state index >= 15 is 0 Å². The number of aromatic amines is 1. The van der Waals surface area contributed by atoms with Crippen LogP contribution in [0.15, 0.2) is 36.5 Å². The third-order valence-corrected chi connectivity index (χ3v) is 3.76. The summed E-state index contributed by atoms with van der Waals surface area (Å²) in [6, 6.07) is 10.8. The lowest BCUT2D eigenvalue weighted by molar-refractivity contribution is 0.126. The van der Waals surface area contributed by atoms with Gasteiger partial charge in [-0.2, -0.15) is 5.10 Å². The minimum atomic E-state index is -0.0965. The van der Waals surface area contributed by atoms with Gasteiger partial charge < -0.3 is 10.4 Å². The van der Waals surface area contributed by atoms with Gasteiger partial charge in [-0.25, -0.2) is 0 Å². The third kappa shape index (κ3) is 2.96. The molecule has 100 valence electrons. The van der Waals surface area contributed by atoms with Crippen molar-refractivity contribution in [3.63, 3.8) is 0 Å². The molecule has 1 aliphatic carbocycles. The number of aliphatic hydroxyl groups excluding tert-OH is 1. The van der Waals surface area contributed by atoms with Gasteiger partial charge in [0.25, 0.3) is 0 Å². The van der Waals surface area contributed by atoms with Crippen LogP contribution in [-0.4, -0.2) is 27.4 Å². The SMILES string of the molecule is OC1CCC(Nc2ccc(-c3ccn[nH]3)cc2)CC1. The van der Waals surface area contributed by atoms with E-state index in [-0.39, 0.29) is 6.10 Å². The number of rotatable bonds is 3. The summed E-state index contributed by atoms with van der Waals surface area (Å²) in [7, 11) is 0. The summed E-state index contributed by atoms with van der Waals surface area (Å²) in [5.41, 5.74) is 3.32.